The Labute approximate surface area is 341 Å². The molecule has 10 aromatic carbocycles. The van der Waals surface area contributed by atoms with Crippen molar-refractivity contribution in [3.8, 4) is 27.9 Å². The van der Waals surface area contributed by atoms with Gasteiger partial charge in [-0.15, -0.1) is 0 Å². The van der Waals surface area contributed by atoms with Gasteiger partial charge in [0, 0.05) is 49.6 Å². The SMILES string of the molecule is c1cc(-c2cccc3ccccc23)cc(N(c2ccc(-n3c4ccccc4c4ccccc43)cc2)c2ccccc2-c2cccc3oc4c5ccccc5ccc4c23)c1. The van der Waals surface area contributed by atoms with E-state index in [-0.39, 0.29) is 0 Å². The van der Waals surface area contributed by atoms with Crippen LogP contribution in [0.15, 0.2) is 223 Å². The third kappa shape index (κ3) is 5.29. The maximum Gasteiger partial charge on any atom is 0.143 e. The number of aromatic nitrogens is 1. The molecule has 0 aliphatic rings. The summed E-state index contributed by atoms with van der Waals surface area (Å²) in [5, 5.41) is 9.49. The van der Waals surface area contributed by atoms with Crippen LogP contribution in [-0.4, -0.2) is 4.57 Å². The van der Waals surface area contributed by atoms with E-state index in [9.17, 15) is 0 Å². The molecule has 0 N–H and O–H groups in total. The van der Waals surface area contributed by atoms with Gasteiger partial charge >= 0.3 is 0 Å². The van der Waals surface area contributed by atoms with Crippen LogP contribution >= 0.6 is 0 Å². The number of anilines is 3. The van der Waals surface area contributed by atoms with Crippen molar-refractivity contribution in [2.45, 2.75) is 0 Å². The summed E-state index contributed by atoms with van der Waals surface area (Å²) in [6, 6.07) is 78.7. The summed E-state index contributed by atoms with van der Waals surface area (Å²) in [6.07, 6.45) is 0. The second kappa shape index (κ2) is 13.4. The summed E-state index contributed by atoms with van der Waals surface area (Å²) in [5.41, 5.74) is 13.1. The van der Waals surface area contributed by atoms with Gasteiger partial charge in [-0.2, -0.15) is 0 Å². The van der Waals surface area contributed by atoms with Crippen LogP contribution in [-0.2, 0) is 0 Å². The monoisotopic (exact) mass is 752 g/mol. The van der Waals surface area contributed by atoms with E-state index in [1.165, 1.54) is 49.1 Å². The highest BCUT2D eigenvalue weighted by Crippen LogP contribution is 2.46. The van der Waals surface area contributed by atoms with Crippen molar-refractivity contribution in [1.82, 2.24) is 4.57 Å². The van der Waals surface area contributed by atoms with Crippen LogP contribution in [0.4, 0.5) is 17.1 Å². The van der Waals surface area contributed by atoms with Crippen molar-refractivity contribution in [2.75, 3.05) is 4.90 Å². The predicted molar refractivity (Wildman–Crippen MR) is 249 cm³/mol. The summed E-state index contributed by atoms with van der Waals surface area (Å²) < 4.78 is 9.07. The zero-order valence-electron chi connectivity index (χ0n) is 32.1. The zero-order valence-corrected chi connectivity index (χ0v) is 32.1. The Morgan fingerprint density at radius 2 is 0.966 bits per heavy atom. The van der Waals surface area contributed by atoms with Gasteiger partial charge in [-0.25, -0.2) is 0 Å². The molecule has 0 atom stereocenters. The Balaban J connectivity index is 1.08. The first kappa shape index (κ1) is 33.3. The molecule has 0 amide bonds. The third-order valence-electron chi connectivity index (χ3n) is 12.0. The van der Waals surface area contributed by atoms with Gasteiger partial charge in [-0.05, 0) is 99.6 Å². The van der Waals surface area contributed by atoms with E-state index in [4.69, 9.17) is 4.42 Å². The molecule has 0 fully saturated rings. The van der Waals surface area contributed by atoms with Gasteiger partial charge in [0.25, 0.3) is 0 Å². The second-order valence-electron chi connectivity index (χ2n) is 15.3. The van der Waals surface area contributed by atoms with E-state index >= 15 is 0 Å². The maximum absolute atomic E-state index is 6.69. The minimum Gasteiger partial charge on any atom is -0.455 e. The molecule has 12 aromatic rings. The first-order valence-corrected chi connectivity index (χ1v) is 20.2. The second-order valence-corrected chi connectivity index (χ2v) is 15.3. The van der Waals surface area contributed by atoms with Gasteiger partial charge in [0.15, 0.2) is 0 Å². The quantitative estimate of drug-likeness (QED) is 0.169. The maximum atomic E-state index is 6.69. The average Bonchev–Trinajstić information content (AvgIpc) is 3.86. The van der Waals surface area contributed by atoms with Crippen molar-refractivity contribution in [2.24, 2.45) is 0 Å². The molecule has 3 nitrogen and oxygen atoms in total. The molecule has 0 bridgehead atoms. The van der Waals surface area contributed by atoms with E-state index in [0.717, 1.165) is 61.2 Å². The van der Waals surface area contributed by atoms with E-state index in [1.54, 1.807) is 0 Å². The van der Waals surface area contributed by atoms with Crippen molar-refractivity contribution >= 4 is 82.4 Å². The zero-order chi connectivity index (χ0) is 38.9. The minimum atomic E-state index is 0.878. The number of hydrogen-bond acceptors (Lipinski definition) is 2. The van der Waals surface area contributed by atoms with Crippen LogP contribution in [0.2, 0.25) is 0 Å². The molecule has 2 heterocycles. The number of furan rings is 1. The Morgan fingerprint density at radius 1 is 0.373 bits per heavy atom. The van der Waals surface area contributed by atoms with E-state index in [0.29, 0.717) is 0 Å². The fourth-order valence-corrected chi connectivity index (χ4v) is 9.34. The molecular weight excluding hydrogens is 717 g/mol. The molecule has 3 heteroatoms. The Bertz CT molecular complexity index is 3510. The third-order valence-corrected chi connectivity index (χ3v) is 12.0. The number of hydrogen-bond donors (Lipinski definition) is 0. The Kier molecular flexibility index (Phi) is 7.54. The van der Waals surface area contributed by atoms with Crippen LogP contribution in [0, 0.1) is 0 Å². The van der Waals surface area contributed by atoms with Gasteiger partial charge in [0.2, 0.25) is 0 Å². The van der Waals surface area contributed by atoms with Crippen molar-refractivity contribution in [3.05, 3.63) is 218 Å². The topological polar surface area (TPSA) is 21.3 Å². The Hall–Kier alpha value is -7.88. The van der Waals surface area contributed by atoms with Crippen LogP contribution in [0.3, 0.4) is 0 Å². The largest absolute Gasteiger partial charge is 0.455 e. The normalized spacial score (nSPS) is 11.7. The summed E-state index contributed by atoms with van der Waals surface area (Å²) in [5.74, 6) is 0. The molecule has 12 rings (SSSR count). The highest BCUT2D eigenvalue weighted by Gasteiger charge is 2.22. The molecular formula is C56H36N2O. The van der Waals surface area contributed by atoms with Gasteiger partial charge in [0.1, 0.15) is 11.2 Å². The van der Waals surface area contributed by atoms with E-state index in [1.807, 2.05) is 0 Å². The standard InChI is InChI=1S/C56H36N2O/c1-3-19-43-37(14-1)16-12-24-44(43)39-17-11-18-42(36-39)57(40-31-33-41(34-32-40)58-52-27-9-5-21-46(52)47-22-6-10-28-53(47)58)51-26-8-7-23-48(51)49-25-13-29-54-55(49)50-35-30-38-15-2-4-20-45(38)56(50)59-54/h1-36H. The minimum absolute atomic E-state index is 0.878. The molecule has 2 aromatic heterocycles. The van der Waals surface area contributed by atoms with Crippen LogP contribution in [0.1, 0.15) is 0 Å². The van der Waals surface area contributed by atoms with Crippen LogP contribution < -0.4 is 4.90 Å². The molecule has 59 heavy (non-hydrogen) atoms. The molecule has 0 radical (unpaired) electrons. The number of benzene rings is 10. The number of para-hydroxylation sites is 3. The van der Waals surface area contributed by atoms with Gasteiger partial charge in [-0.1, -0.05) is 152 Å². The van der Waals surface area contributed by atoms with E-state index < -0.39 is 0 Å². The lowest BCUT2D eigenvalue weighted by atomic mass is 9.95. The number of nitrogens with zero attached hydrogens (tertiary/aromatic N) is 2. The molecule has 0 saturated heterocycles. The lowest BCUT2D eigenvalue weighted by Gasteiger charge is -2.29. The van der Waals surface area contributed by atoms with Crippen molar-refractivity contribution in [1.29, 1.82) is 0 Å². The van der Waals surface area contributed by atoms with Gasteiger partial charge < -0.3 is 13.9 Å². The average molecular weight is 753 g/mol. The van der Waals surface area contributed by atoms with Crippen molar-refractivity contribution in [3.63, 3.8) is 0 Å². The summed E-state index contributed by atoms with van der Waals surface area (Å²) in [6.45, 7) is 0. The van der Waals surface area contributed by atoms with Crippen molar-refractivity contribution < 1.29 is 4.42 Å². The fraction of sp³-hybridized carbons (Fsp3) is 0. The molecule has 0 spiro atoms. The Morgan fingerprint density at radius 3 is 1.76 bits per heavy atom. The van der Waals surface area contributed by atoms with E-state index in [2.05, 4.69) is 228 Å². The summed E-state index contributed by atoms with van der Waals surface area (Å²) >= 11 is 0. The van der Waals surface area contributed by atoms with Gasteiger partial charge in [0.05, 0.1) is 16.7 Å². The summed E-state index contributed by atoms with van der Waals surface area (Å²) in [7, 11) is 0. The predicted octanol–water partition coefficient (Wildman–Crippen LogP) is 15.8. The lowest BCUT2D eigenvalue weighted by Crippen LogP contribution is -2.11. The smallest absolute Gasteiger partial charge is 0.143 e. The number of fused-ring (bicyclic) bond motifs is 9. The first-order valence-electron chi connectivity index (χ1n) is 20.2. The molecule has 0 aliphatic heterocycles. The molecule has 276 valence electrons. The van der Waals surface area contributed by atoms with Crippen LogP contribution in [0.5, 0.6) is 0 Å². The van der Waals surface area contributed by atoms with Gasteiger partial charge in [-0.3, -0.25) is 0 Å². The molecule has 0 saturated carbocycles. The highest BCUT2D eigenvalue weighted by molar-refractivity contribution is 6.20. The first-order chi connectivity index (χ1) is 29.3. The van der Waals surface area contributed by atoms with Crippen LogP contribution in [0.25, 0.3) is 93.2 Å². The lowest BCUT2D eigenvalue weighted by molar-refractivity contribution is 0.673. The summed E-state index contributed by atoms with van der Waals surface area (Å²) in [4.78, 5) is 2.41. The fourth-order valence-electron chi connectivity index (χ4n) is 9.34. The molecule has 0 unspecified atom stereocenters. The number of rotatable bonds is 6. The highest BCUT2D eigenvalue weighted by atomic mass is 16.3. The molecule has 0 aliphatic carbocycles.